The lowest BCUT2D eigenvalue weighted by molar-refractivity contribution is 0.281. The zero-order valence-corrected chi connectivity index (χ0v) is 12.6. The second-order valence-electron chi connectivity index (χ2n) is 4.94. The molecule has 2 N–H and O–H groups in total. The highest BCUT2D eigenvalue weighted by atomic mass is 16.5. The monoisotopic (exact) mass is 286 g/mol. The minimum atomic E-state index is 0.0653. The van der Waals surface area contributed by atoms with E-state index in [-0.39, 0.29) is 6.61 Å². The number of hydrogen-bond acceptors (Lipinski definition) is 4. The molecule has 0 aliphatic heterocycles. The van der Waals surface area contributed by atoms with Crippen LogP contribution in [0.5, 0.6) is 5.75 Å². The number of benzene rings is 1. The third kappa shape index (κ3) is 4.55. The van der Waals surface area contributed by atoms with E-state index in [4.69, 9.17) is 9.84 Å². The van der Waals surface area contributed by atoms with Gasteiger partial charge in [0.25, 0.3) is 0 Å². The molecule has 0 saturated heterocycles. The first-order chi connectivity index (χ1) is 10.2. The zero-order valence-electron chi connectivity index (χ0n) is 12.6. The van der Waals surface area contributed by atoms with E-state index >= 15 is 0 Å². The van der Waals surface area contributed by atoms with Gasteiger partial charge in [0, 0.05) is 12.2 Å². The van der Waals surface area contributed by atoms with Crippen LogP contribution in [0.1, 0.15) is 29.4 Å². The number of rotatable bonds is 7. The largest absolute Gasteiger partial charge is 0.487 e. The first kappa shape index (κ1) is 15.5. The van der Waals surface area contributed by atoms with E-state index in [1.54, 1.807) is 0 Å². The third-order valence-corrected chi connectivity index (χ3v) is 3.21. The van der Waals surface area contributed by atoms with Gasteiger partial charge in [0.1, 0.15) is 12.4 Å². The van der Waals surface area contributed by atoms with Crippen LogP contribution in [0.3, 0.4) is 0 Å². The molecule has 0 aliphatic carbocycles. The summed E-state index contributed by atoms with van der Waals surface area (Å²) in [5, 5.41) is 12.3. The van der Waals surface area contributed by atoms with Gasteiger partial charge in [0.2, 0.25) is 0 Å². The van der Waals surface area contributed by atoms with Crippen LogP contribution < -0.4 is 10.1 Å². The number of aromatic nitrogens is 1. The molecule has 1 aromatic heterocycles. The molecule has 112 valence electrons. The Bertz CT molecular complexity index is 568. The summed E-state index contributed by atoms with van der Waals surface area (Å²) >= 11 is 0. The van der Waals surface area contributed by atoms with Gasteiger partial charge in [-0.2, -0.15) is 0 Å². The fraction of sp³-hybridized carbons (Fsp3) is 0.353. The molecule has 0 bridgehead atoms. The van der Waals surface area contributed by atoms with Crippen LogP contribution in [-0.4, -0.2) is 16.6 Å². The topological polar surface area (TPSA) is 54.4 Å². The highest BCUT2D eigenvalue weighted by Gasteiger charge is 2.06. The van der Waals surface area contributed by atoms with Gasteiger partial charge in [-0.1, -0.05) is 31.2 Å². The zero-order chi connectivity index (χ0) is 15.1. The highest BCUT2D eigenvalue weighted by Crippen LogP contribution is 2.18. The van der Waals surface area contributed by atoms with Crippen LogP contribution in [0.4, 0.5) is 0 Å². The van der Waals surface area contributed by atoms with E-state index in [9.17, 15) is 0 Å². The summed E-state index contributed by atoms with van der Waals surface area (Å²) in [5.74, 6) is 0.813. The summed E-state index contributed by atoms with van der Waals surface area (Å²) in [7, 11) is 0. The van der Waals surface area contributed by atoms with Crippen LogP contribution in [-0.2, 0) is 19.8 Å². The Morgan fingerprint density at radius 3 is 2.48 bits per heavy atom. The van der Waals surface area contributed by atoms with Crippen LogP contribution >= 0.6 is 0 Å². The van der Waals surface area contributed by atoms with Crippen molar-refractivity contribution < 1.29 is 9.84 Å². The van der Waals surface area contributed by atoms with E-state index in [1.807, 2.05) is 43.3 Å². The molecule has 0 aliphatic rings. The minimum Gasteiger partial charge on any atom is -0.487 e. The summed E-state index contributed by atoms with van der Waals surface area (Å²) in [6.07, 6.45) is 0. The van der Waals surface area contributed by atoms with Crippen molar-refractivity contribution in [1.82, 2.24) is 10.3 Å². The molecule has 0 unspecified atom stereocenters. The van der Waals surface area contributed by atoms with Crippen molar-refractivity contribution in [3.63, 3.8) is 0 Å². The predicted molar refractivity (Wildman–Crippen MR) is 83.1 cm³/mol. The number of ether oxygens (including phenoxy) is 1. The summed E-state index contributed by atoms with van der Waals surface area (Å²) in [5.41, 5.74) is 3.90. The summed E-state index contributed by atoms with van der Waals surface area (Å²) < 4.78 is 5.88. The molecular formula is C17H22N2O2. The van der Waals surface area contributed by atoms with Gasteiger partial charge >= 0.3 is 0 Å². The fourth-order valence-corrected chi connectivity index (χ4v) is 2.00. The predicted octanol–water partition coefficient (Wildman–Crippen LogP) is 2.57. The number of nitrogens with zero attached hydrogens (tertiary/aromatic N) is 1. The van der Waals surface area contributed by atoms with Gasteiger partial charge in [-0.05, 0) is 36.7 Å². The van der Waals surface area contributed by atoms with Crippen molar-refractivity contribution in [2.75, 3.05) is 6.54 Å². The standard InChI is InChI=1S/C17H22N2O2/c1-3-18-10-16-17(9-4-13(2)19-16)21-12-15-7-5-14(11-20)6-8-15/h4-9,18,20H,3,10-12H2,1-2H3. The third-order valence-electron chi connectivity index (χ3n) is 3.21. The van der Waals surface area contributed by atoms with Crippen molar-refractivity contribution in [2.24, 2.45) is 0 Å². The van der Waals surface area contributed by atoms with Crippen LogP contribution in [0, 0.1) is 6.92 Å². The Labute approximate surface area is 125 Å². The maximum Gasteiger partial charge on any atom is 0.142 e. The molecule has 2 rings (SSSR count). The SMILES string of the molecule is CCNCc1nc(C)ccc1OCc1ccc(CO)cc1. The quantitative estimate of drug-likeness (QED) is 0.821. The van der Waals surface area contributed by atoms with Crippen molar-refractivity contribution in [3.8, 4) is 5.75 Å². The van der Waals surface area contributed by atoms with Gasteiger partial charge in [-0.3, -0.25) is 4.98 Å². The molecular weight excluding hydrogens is 264 g/mol. The smallest absolute Gasteiger partial charge is 0.142 e. The van der Waals surface area contributed by atoms with Crippen molar-refractivity contribution in [1.29, 1.82) is 0 Å². The van der Waals surface area contributed by atoms with E-state index in [2.05, 4.69) is 17.2 Å². The van der Waals surface area contributed by atoms with Crippen molar-refractivity contribution in [2.45, 2.75) is 33.6 Å². The number of aryl methyl sites for hydroxylation is 1. The number of nitrogens with one attached hydrogen (secondary N) is 1. The molecule has 4 heteroatoms. The molecule has 0 spiro atoms. The molecule has 0 fully saturated rings. The average Bonchev–Trinajstić information content (AvgIpc) is 2.52. The molecule has 0 saturated carbocycles. The fourth-order valence-electron chi connectivity index (χ4n) is 2.00. The van der Waals surface area contributed by atoms with Crippen LogP contribution in [0.2, 0.25) is 0 Å². The number of aliphatic hydroxyl groups is 1. The second-order valence-corrected chi connectivity index (χ2v) is 4.94. The maximum atomic E-state index is 9.03. The molecule has 0 atom stereocenters. The molecule has 0 amide bonds. The Hall–Kier alpha value is -1.91. The minimum absolute atomic E-state index is 0.0653. The Kier molecular flexibility index (Phi) is 5.72. The lowest BCUT2D eigenvalue weighted by atomic mass is 10.1. The van der Waals surface area contributed by atoms with Crippen molar-refractivity contribution in [3.05, 3.63) is 58.9 Å². The lowest BCUT2D eigenvalue weighted by Gasteiger charge is -2.12. The van der Waals surface area contributed by atoms with Crippen LogP contribution in [0.25, 0.3) is 0 Å². The molecule has 4 nitrogen and oxygen atoms in total. The van der Waals surface area contributed by atoms with Gasteiger partial charge in [-0.25, -0.2) is 0 Å². The molecule has 0 radical (unpaired) electrons. The second kappa shape index (κ2) is 7.76. The first-order valence-corrected chi connectivity index (χ1v) is 7.21. The normalized spacial score (nSPS) is 10.6. The van der Waals surface area contributed by atoms with E-state index in [0.29, 0.717) is 13.2 Å². The molecule has 1 heterocycles. The Balaban J connectivity index is 2.04. The Morgan fingerprint density at radius 1 is 1.10 bits per heavy atom. The average molecular weight is 286 g/mol. The first-order valence-electron chi connectivity index (χ1n) is 7.21. The number of hydrogen-bond donors (Lipinski definition) is 2. The van der Waals surface area contributed by atoms with Crippen molar-refractivity contribution >= 4 is 0 Å². The maximum absolute atomic E-state index is 9.03. The van der Waals surface area contributed by atoms with Gasteiger partial charge < -0.3 is 15.2 Å². The summed E-state index contributed by atoms with van der Waals surface area (Å²) in [4.78, 5) is 4.53. The van der Waals surface area contributed by atoms with Crippen LogP contribution in [0.15, 0.2) is 36.4 Å². The van der Waals surface area contributed by atoms with Gasteiger partial charge in [-0.15, -0.1) is 0 Å². The van der Waals surface area contributed by atoms with Gasteiger partial charge in [0.05, 0.1) is 12.3 Å². The number of aliphatic hydroxyl groups excluding tert-OH is 1. The Morgan fingerprint density at radius 2 is 1.81 bits per heavy atom. The molecule has 2 aromatic rings. The van der Waals surface area contributed by atoms with E-state index in [0.717, 1.165) is 34.8 Å². The lowest BCUT2D eigenvalue weighted by Crippen LogP contribution is -2.14. The molecule has 1 aromatic carbocycles. The van der Waals surface area contributed by atoms with E-state index in [1.165, 1.54) is 0 Å². The summed E-state index contributed by atoms with van der Waals surface area (Å²) in [6, 6.07) is 11.7. The highest BCUT2D eigenvalue weighted by molar-refractivity contribution is 5.30. The molecule has 21 heavy (non-hydrogen) atoms. The van der Waals surface area contributed by atoms with E-state index < -0.39 is 0 Å². The summed E-state index contributed by atoms with van der Waals surface area (Å²) in [6.45, 7) is 6.21. The van der Waals surface area contributed by atoms with Gasteiger partial charge in [0.15, 0.2) is 0 Å². The number of pyridine rings is 1.